The van der Waals surface area contributed by atoms with Gasteiger partial charge in [-0.05, 0) is 19.1 Å². The summed E-state index contributed by atoms with van der Waals surface area (Å²) >= 11 is 0. The predicted molar refractivity (Wildman–Crippen MR) is 82.7 cm³/mol. The molecular weight excluding hydrogens is 250 g/mol. The van der Waals surface area contributed by atoms with E-state index in [-0.39, 0.29) is 6.10 Å². The first-order valence-corrected chi connectivity index (χ1v) is 7.23. The van der Waals surface area contributed by atoms with Crippen LogP contribution in [0.5, 0.6) is 5.75 Å². The molecule has 0 saturated carbocycles. The molecule has 0 amide bonds. The largest absolute Gasteiger partial charge is 0.487 e. The topological polar surface area (TPSA) is 27.7 Å². The number of hydrogen-bond donors (Lipinski definition) is 1. The monoisotopic (exact) mass is 271 g/mol. The first-order chi connectivity index (χ1) is 9.79. The molecule has 1 fully saturated rings. The van der Waals surface area contributed by atoms with Crippen molar-refractivity contribution in [3.63, 3.8) is 0 Å². The van der Waals surface area contributed by atoms with Gasteiger partial charge in [-0.3, -0.25) is 0 Å². The van der Waals surface area contributed by atoms with Gasteiger partial charge in [0.25, 0.3) is 0 Å². The SMILES string of the molecule is C#CCN1CC(C)Oc2cccc(N3CCNCC3)c21. The van der Waals surface area contributed by atoms with E-state index in [0.29, 0.717) is 6.54 Å². The van der Waals surface area contributed by atoms with Crippen molar-refractivity contribution in [2.24, 2.45) is 0 Å². The molecule has 0 radical (unpaired) electrons. The molecule has 2 aliphatic heterocycles. The van der Waals surface area contributed by atoms with E-state index < -0.39 is 0 Å². The van der Waals surface area contributed by atoms with Crippen molar-refractivity contribution in [2.45, 2.75) is 13.0 Å². The molecule has 1 saturated heterocycles. The van der Waals surface area contributed by atoms with Gasteiger partial charge >= 0.3 is 0 Å². The first kappa shape index (κ1) is 13.1. The van der Waals surface area contributed by atoms with Gasteiger partial charge in [0.2, 0.25) is 0 Å². The van der Waals surface area contributed by atoms with Gasteiger partial charge < -0.3 is 19.9 Å². The van der Waals surface area contributed by atoms with Gasteiger partial charge in [0.05, 0.1) is 18.8 Å². The Morgan fingerprint density at radius 3 is 2.95 bits per heavy atom. The van der Waals surface area contributed by atoms with Crippen molar-refractivity contribution in [3.8, 4) is 18.1 Å². The number of nitrogens with one attached hydrogen (secondary N) is 1. The van der Waals surface area contributed by atoms with Gasteiger partial charge in [-0.2, -0.15) is 0 Å². The minimum absolute atomic E-state index is 0.175. The Hall–Kier alpha value is -1.86. The molecule has 1 atom stereocenters. The number of benzene rings is 1. The standard InChI is InChI=1S/C16H21N3O/c1-3-9-19-12-13(2)20-15-6-4-5-14(16(15)19)18-10-7-17-8-11-18/h1,4-6,13,17H,7-12H2,2H3. The summed E-state index contributed by atoms with van der Waals surface area (Å²) in [5.74, 6) is 3.72. The van der Waals surface area contributed by atoms with Crippen LogP contribution in [0.3, 0.4) is 0 Å². The smallest absolute Gasteiger partial charge is 0.145 e. The van der Waals surface area contributed by atoms with Crippen LogP contribution in [0.4, 0.5) is 11.4 Å². The Kier molecular flexibility index (Phi) is 3.70. The molecule has 1 N–H and O–H groups in total. The second-order valence-electron chi connectivity index (χ2n) is 5.37. The molecule has 20 heavy (non-hydrogen) atoms. The normalized spacial score (nSPS) is 21.9. The molecule has 0 bridgehead atoms. The van der Waals surface area contributed by atoms with Crippen molar-refractivity contribution >= 4 is 11.4 Å². The van der Waals surface area contributed by atoms with Crippen LogP contribution in [0.25, 0.3) is 0 Å². The van der Waals surface area contributed by atoms with Crippen LogP contribution >= 0.6 is 0 Å². The van der Waals surface area contributed by atoms with Gasteiger partial charge in [0.1, 0.15) is 17.5 Å². The van der Waals surface area contributed by atoms with Crippen LogP contribution in [0.15, 0.2) is 18.2 Å². The Morgan fingerprint density at radius 1 is 1.40 bits per heavy atom. The molecular formula is C16H21N3O. The van der Waals surface area contributed by atoms with Gasteiger partial charge in [-0.15, -0.1) is 6.42 Å². The number of rotatable bonds is 2. The van der Waals surface area contributed by atoms with E-state index in [1.54, 1.807) is 0 Å². The quantitative estimate of drug-likeness (QED) is 0.821. The summed E-state index contributed by atoms with van der Waals surface area (Å²) in [6, 6.07) is 6.29. The summed E-state index contributed by atoms with van der Waals surface area (Å²) in [4.78, 5) is 4.68. The number of fused-ring (bicyclic) bond motifs is 1. The minimum Gasteiger partial charge on any atom is -0.487 e. The molecule has 1 aromatic rings. The van der Waals surface area contributed by atoms with Gasteiger partial charge in [0.15, 0.2) is 0 Å². The fourth-order valence-electron chi connectivity index (χ4n) is 2.99. The van der Waals surface area contributed by atoms with Crippen molar-refractivity contribution in [3.05, 3.63) is 18.2 Å². The molecule has 4 nitrogen and oxygen atoms in total. The van der Waals surface area contributed by atoms with Crippen LogP contribution in [-0.4, -0.2) is 45.4 Å². The Bertz CT molecular complexity index is 517. The second-order valence-corrected chi connectivity index (χ2v) is 5.37. The lowest BCUT2D eigenvalue weighted by molar-refractivity contribution is 0.214. The number of nitrogens with zero attached hydrogens (tertiary/aromatic N) is 2. The van der Waals surface area contributed by atoms with E-state index in [0.717, 1.165) is 44.2 Å². The number of piperazine rings is 1. The van der Waals surface area contributed by atoms with Crippen molar-refractivity contribution < 1.29 is 4.74 Å². The molecule has 4 heteroatoms. The third kappa shape index (κ3) is 2.41. The van der Waals surface area contributed by atoms with E-state index in [2.05, 4.69) is 40.1 Å². The number of terminal acetylenes is 1. The highest BCUT2D eigenvalue weighted by Gasteiger charge is 2.27. The Labute approximate surface area is 120 Å². The average Bonchev–Trinajstić information content (AvgIpc) is 2.47. The van der Waals surface area contributed by atoms with Crippen LogP contribution < -0.4 is 19.9 Å². The summed E-state index contributed by atoms with van der Waals surface area (Å²) in [7, 11) is 0. The number of anilines is 2. The molecule has 3 rings (SSSR count). The summed E-state index contributed by atoms with van der Waals surface area (Å²) in [5, 5.41) is 3.39. The zero-order chi connectivity index (χ0) is 13.9. The summed E-state index contributed by atoms with van der Waals surface area (Å²) in [5.41, 5.74) is 2.40. The van der Waals surface area contributed by atoms with Crippen LogP contribution in [-0.2, 0) is 0 Å². The molecule has 106 valence electrons. The molecule has 2 heterocycles. The van der Waals surface area contributed by atoms with Gasteiger partial charge in [-0.25, -0.2) is 0 Å². The van der Waals surface area contributed by atoms with E-state index in [9.17, 15) is 0 Å². The van der Waals surface area contributed by atoms with Gasteiger partial charge in [0, 0.05) is 26.2 Å². The lowest BCUT2D eigenvalue weighted by Gasteiger charge is -2.39. The van der Waals surface area contributed by atoms with E-state index in [1.165, 1.54) is 5.69 Å². The molecule has 1 aromatic carbocycles. The molecule has 1 unspecified atom stereocenters. The highest BCUT2D eigenvalue weighted by molar-refractivity contribution is 5.79. The predicted octanol–water partition coefficient (Wildman–Crippen LogP) is 1.32. The second kappa shape index (κ2) is 5.64. The average molecular weight is 271 g/mol. The first-order valence-electron chi connectivity index (χ1n) is 7.23. The summed E-state index contributed by atoms with van der Waals surface area (Å²) in [6.07, 6.45) is 5.71. The molecule has 0 aliphatic carbocycles. The number of hydrogen-bond acceptors (Lipinski definition) is 4. The zero-order valence-electron chi connectivity index (χ0n) is 11.9. The van der Waals surface area contributed by atoms with Crippen LogP contribution in [0.1, 0.15) is 6.92 Å². The van der Waals surface area contributed by atoms with Crippen molar-refractivity contribution in [1.29, 1.82) is 0 Å². The minimum atomic E-state index is 0.175. The van der Waals surface area contributed by atoms with Gasteiger partial charge in [-0.1, -0.05) is 12.0 Å². The molecule has 0 aromatic heterocycles. The Balaban J connectivity index is 1.99. The van der Waals surface area contributed by atoms with Crippen LogP contribution in [0.2, 0.25) is 0 Å². The van der Waals surface area contributed by atoms with E-state index in [1.807, 2.05) is 6.07 Å². The lowest BCUT2D eigenvalue weighted by Crippen LogP contribution is -2.45. The number of para-hydroxylation sites is 1. The van der Waals surface area contributed by atoms with Crippen molar-refractivity contribution in [1.82, 2.24) is 5.32 Å². The fraction of sp³-hybridized carbons (Fsp3) is 0.500. The lowest BCUT2D eigenvalue weighted by atomic mass is 10.1. The zero-order valence-corrected chi connectivity index (χ0v) is 11.9. The van der Waals surface area contributed by atoms with E-state index >= 15 is 0 Å². The number of ether oxygens (including phenoxy) is 1. The highest BCUT2D eigenvalue weighted by Crippen LogP contribution is 2.41. The highest BCUT2D eigenvalue weighted by atomic mass is 16.5. The summed E-state index contributed by atoms with van der Waals surface area (Å²) in [6.45, 7) is 7.66. The summed E-state index contributed by atoms with van der Waals surface area (Å²) < 4.78 is 5.99. The molecule has 0 spiro atoms. The maximum Gasteiger partial charge on any atom is 0.145 e. The van der Waals surface area contributed by atoms with E-state index in [4.69, 9.17) is 11.2 Å². The fourth-order valence-corrected chi connectivity index (χ4v) is 2.99. The Morgan fingerprint density at radius 2 is 2.20 bits per heavy atom. The third-order valence-electron chi connectivity index (χ3n) is 3.84. The molecule has 2 aliphatic rings. The maximum absolute atomic E-state index is 5.99. The maximum atomic E-state index is 5.99. The van der Waals surface area contributed by atoms with Crippen molar-refractivity contribution in [2.75, 3.05) is 49.1 Å². The third-order valence-corrected chi connectivity index (χ3v) is 3.84. The van der Waals surface area contributed by atoms with Crippen LogP contribution in [0, 0.1) is 12.3 Å².